The van der Waals surface area contributed by atoms with Gasteiger partial charge in [0.2, 0.25) is 5.91 Å². The van der Waals surface area contributed by atoms with Crippen molar-refractivity contribution in [1.29, 1.82) is 0 Å². The van der Waals surface area contributed by atoms with Crippen LogP contribution in [0.3, 0.4) is 0 Å². The van der Waals surface area contributed by atoms with Crippen LogP contribution in [0.25, 0.3) is 0 Å². The molecule has 0 aromatic heterocycles. The Morgan fingerprint density at radius 3 is 2.27 bits per heavy atom. The molecule has 0 spiro atoms. The lowest BCUT2D eigenvalue weighted by Gasteiger charge is -2.09. The molecular weight excluding hydrogens is 202 g/mol. The van der Waals surface area contributed by atoms with Crippen molar-refractivity contribution in [3.05, 3.63) is 0 Å². The first-order chi connectivity index (χ1) is 6.99. The third-order valence-corrected chi connectivity index (χ3v) is 1.68. The molecule has 0 aliphatic heterocycles. The monoisotopic (exact) mass is 217 g/mol. The lowest BCUT2D eigenvalue weighted by atomic mass is 10.2. The number of carbonyl (C=O) groups excluding carboxylic acids is 2. The number of carboxylic acids is 1. The first-order valence-electron chi connectivity index (χ1n) is 4.53. The van der Waals surface area contributed by atoms with Crippen molar-refractivity contribution in [2.75, 3.05) is 13.1 Å². The van der Waals surface area contributed by atoms with Gasteiger partial charge >= 0.3 is 11.9 Å². The molecule has 1 unspecified atom stereocenters. The van der Waals surface area contributed by atoms with Crippen LogP contribution in [0.2, 0.25) is 0 Å². The second-order valence-electron chi connectivity index (χ2n) is 2.87. The summed E-state index contributed by atoms with van der Waals surface area (Å²) in [7, 11) is 0. The fourth-order valence-corrected chi connectivity index (χ4v) is 0.754. The van der Waals surface area contributed by atoms with E-state index in [1.807, 2.05) is 0 Å². The van der Waals surface area contributed by atoms with E-state index in [1.165, 1.54) is 0 Å². The van der Waals surface area contributed by atoms with E-state index in [9.17, 15) is 14.4 Å². The molecule has 0 radical (unpaired) electrons. The third-order valence-electron chi connectivity index (χ3n) is 1.68. The average molecular weight is 217 g/mol. The third kappa shape index (κ3) is 5.63. The molecule has 0 aliphatic rings. The Kier molecular flexibility index (Phi) is 6.03. The van der Waals surface area contributed by atoms with Crippen molar-refractivity contribution in [2.24, 2.45) is 5.73 Å². The zero-order valence-electron chi connectivity index (χ0n) is 8.45. The van der Waals surface area contributed by atoms with Crippen molar-refractivity contribution in [1.82, 2.24) is 10.6 Å². The van der Waals surface area contributed by atoms with Crippen LogP contribution in [0.15, 0.2) is 0 Å². The summed E-state index contributed by atoms with van der Waals surface area (Å²) in [5.74, 6) is -2.96. The summed E-state index contributed by atoms with van der Waals surface area (Å²) in [6.07, 6.45) is 0.521. The number of hydrogen-bond acceptors (Lipinski definition) is 4. The van der Waals surface area contributed by atoms with Gasteiger partial charge in [-0.2, -0.15) is 0 Å². The Labute approximate surface area is 87.0 Å². The highest BCUT2D eigenvalue weighted by Crippen LogP contribution is 1.84. The first-order valence-corrected chi connectivity index (χ1v) is 4.53. The van der Waals surface area contributed by atoms with Crippen LogP contribution >= 0.6 is 0 Å². The minimum absolute atomic E-state index is 0.0628. The normalized spacial score (nSPS) is 11.6. The molecule has 0 saturated carbocycles. The SMILES string of the molecule is CCC(N)C(=O)NCCNC(=O)C(=O)O. The second kappa shape index (κ2) is 6.77. The number of carbonyl (C=O) groups is 3. The zero-order chi connectivity index (χ0) is 11.8. The van der Waals surface area contributed by atoms with Crippen LogP contribution in [0, 0.1) is 0 Å². The first kappa shape index (κ1) is 13.4. The van der Waals surface area contributed by atoms with Crippen molar-refractivity contribution in [3.63, 3.8) is 0 Å². The van der Waals surface area contributed by atoms with Gasteiger partial charge in [0.1, 0.15) is 0 Å². The molecule has 7 heteroatoms. The number of amides is 2. The number of nitrogens with one attached hydrogen (secondary N) is 2. The molecular formula is C8H15N3O4. The van der Waals surface area contributed by atoms with E-state index in [2.05, 4.69) is 10.6 Å². The van der Waals surface area contributed by atoms with Gasteiger partial charge < -0.3 is 21.5 Å². The van der Waals surface area contributed by atoms with Gasteiger partial charge in [-0.1, -0.05) is 6.92 Å². The van der Waals surface area contributed by atoms with Crippen LogP contribution in [0.5, 0.6) is 0 Å². The smallest absolute Gasteiger partial charge is 0.394 e. The molecule has 1 atom stereocenters. The highest BCUT2D eigenvalue weighted by atomic mass is 16.4. The van der Waals surface area contributed by atoms with Crippen LogP contribution in [0.1, 0.15) is 13.3 Å². The summed E-state index contributed by atoms with van der Waals surface area (Å²) in [6.45, 7) is 2.00. The second-order valence-corrected chi connectivity index (χ2v) is 2.87. The van der Waals surface area contributed by atoms with E-state index in [4.69, 9.17) is 10.8 Å². The fraction of sp³-hybridized carbons (Fsp3) is 0.625. The van der Waals surface area contributed by atoms with Crippen LogP contribution in [0.4, 0.5) is 0 Å². The van der Waals surface area contributed by atoms with E-state index in [0.29, 0.717) is 6.42 Å². The Bertz CT molecular complexity index is 254. The molecule has 15 heavy (non-hydrogen) atoms. The zero-order valence-corrected chi connectivity index (χ0v) is 8.45. The van der Waals surface area contributed by atoms with Crippen molar-refractivity contribution >= 4 is 17.8 Å². The Hall–Kier alpha value is -1.63. The van der Waals surface area contributed by atoms with Gasteiger partial charge in [0.05, 0.1) is 6.04 Å². The summed E-state index contributed by atoms with van der Waals surface area (Å²) in [4.78, 5) is 31.7. The maximum absolute atomic E-state index is 11.1. The quantitative estimate of drug-likeness (QED) is 0.314. The average Bonchev–Trinajstić information content (AvgIpc) is 2.22. The van der Waals surface area contributed by atoms with E-state index in [0.717, 1.165) is 0 Å². The molecule has 0 rings (SSSR count). The van der Waals surface area contributed by atoms with Crippen LogP contribution in [-0.4, -0.2) is 42.0 Å². The minimum atomic E-state index is -1.55. The maximum Gasteiger partial charge on any atom is 0.394 e. The molecule has 0 aliphatic carbocycles. The van der Waals surface area contributed by atoms with Gasteiger partial charge in [-0.3, -0.25) is 9.59 Å². The van der Waals surface area contributed by atoms with Gasteiger partial charge in [-0.25, -0.2) is 4.79 Å². The lowest BCUT2D eigenvalue weighted by molar-refractivity contribution is -0.150. The number of hydrogen-bond donors (Lipinski definition) is 4. The van der Waals surface area contributed by atoms with E-state index >= 15 is 0 Å². The largest absolute Gasteiger partial charge is 0.474 e. The van der Waals surface area contributed by atoms with Gasteiger partial charge in [-0.05, 0) is 6.42 Å². The van der Waals surface area contributed by atoms with Crippen molar-refractivity contribution in [2.45, 2.75) is 19.4 Å². The number of carboxylic acid groups (broad SMARTS) is 1. The van der Waals surface area contributed by atoms with Gasteiger partial charge in [0, 0.05) is 13.1 Å². The molecule has 0 aromatic rings. The fourth-order valence-electron chi connectivity index (χ4n) is 0.754. The van der Waals surface area contributed by atoms with E-state index < -0.39 is 17.9 Å². The Morgan fingerprint density at radius 1 is 1.27 bits per heavy atom. The predicted molar refractivity (Wildman–Crippen MR) is 51.9 cm³/mol. The number of aliphatic carboxylic acids is 1. The summed E-state index contributed by atoms with van der Waals surface area (Å²) < 4.78 is 0. The number of nitrogens with two attached hydrogens (primary N) is 1. The molecule has 0 aromatic carbocycles. The molecule has 2 amide bonds. The van der Waals surface area contributed by atoms with Crippen LogP contribution < -0.4 is 16.4 Å². The summed E-state index contributed by atoms with van der Waals surface area (Å²) in [5.41, 5.74) is 5.41. The Balaban J connectivity index is 3.59. The topological polar surface area (TPSA) is 122 Å². The van der Waals surface area contributed by atoms with Gasteiger partial charge in [0.15, 0.2) is 0 Å². The predicted octanol–water partition coefficient (Wildman–Crippen LogP) is -1.96. The molecule has 0 saturated heterocycles. The lowest BCUT2D eigenvalue weighted by Crippen LogP contribution is -2.43. The van der Waals surface area contributed by atoms with E-state index in [1.54, 1.807) is 6.92 Å². The summed E-state index contributed by atoms with van der Waals surface area (Å²) >= 11 is 0. The molecule has 0 bridgehead atoms. The molecule has 5 N–H and O–H groups in total. The molecule has 0 heterocycles. The summed E-state index contributed by atoms with van der Waals surface area (Å²) in [5, 5.41) is 12.8. The van der Waals surface area contributed by atoms with E-state index in [-0.39, 0.29) is 19.0 Å². The van der Waals surface area contributed by atoms with Crippen molar-refractivity contribution in [3.8, 4) is 0 Å². The molecule has 86 valence electrons. The highest BCUT2D eigenvalue weighted by molar-refractivity contribution is 6.31. The summed E-state index contributed by atoms with van der Waals surface area (Å²) in [6, 6.07) is -0.569. The van der Waals surface area contributed by atoms with Gasteiger partial charge in [0.25, 0.3) is 0 Å². The molecule has 0 fully saturated rings. The van der Waals surface area contributed by atoms with Gasteiger partial charge in [-0.15, -0.1) is 0 Å². The number of rotatable bonds is 5. The van der Waals surface area contributed by atoms with Crippen molar-refractivity contribution < 1.29 is 19.5 Å². The maximum atomic E-state index is 11.1. The standard InChI is InChI=1S/C8H15N3O4/c1-2-5(9)6(12)10-3-4-11-7(13)8(14)15/h5H,2-4,9H2,1H3,(H,10,12)(H,11,13)(H,14,15). The Morgan fingerprint density at radius 2 is 1.80 bits per heavy atom. The highest BCUT2D eigenvalue weighted by Gasteiger charge is 2.11. The minimum Gasteiger partial charge on any atom is -0.474 e. The molecule has 7 nitrogen and oxygen atoms in total. The van der Waals surface area contributed by atoms with Crippen LogP contribution in [-0.2, 0) is 14.4 Å².